The molecule has 17 heavy (non-hydrogen) atoms. The van der Waals surface area contributed by atoms with Crippen LogP contribution in [0.5, 0.6) is 5.75 Å². The fraction of sp³-hybridized carbons (Fsp3) is 0.308. The van der Waals surface area contributed by atoms with Crippen molar-refractivity contribution in [2.24, 2.45) is 0 Å². The minimum Gasteiger partial charge on any atom is -0.497 e. The highest BCUT2D eigenvalue weighted by molar-refractivity contribution is 7.09. The zero-order chi connectivity index (χ0) is 11.9. The van der Waals surface area contributed by atoms with E-state index in [0.717, 1.165) is 25.3 Å². The van der Waals surface area contributed by atoms with E-state index in [4.69, 9.17) is 4.74 Å². The lowest BCUT2D eigenvalue weighted by Gasteiger charge is -2.04. The second-order valence-electron chi connectivity index (χ2n) is 3.74. The Morgan fingerprint density at radius 2 is 2.12 bits per heavy atom. The van der Waals surface area contributed by atoms with Crippen molar-refractivity contribution >= 4 is 11.3 Å². The highest BCUT2D eigenvalue weighted by Crippen LogP contribution is 2.11. The maximum Gasteiger partial charge on any atom is 0.118 e. The molecule has 0 aliphatic carbocycles. The summed E-state index contributed by atoms with van der Waals surface area (Å²) in [4.78, 5) is 5.32. The zero-order valence-electron chi connectivity index (χ0n) is 9.85. The molecule has 1 N–H and O–H groups in total. The van der Waals surface area contributed by atoms with E-state index in [0.29, 0.717) is 0 Å². The molecule has 90 valence electrons. The minimum absolute atomic E-state index is 0.904. The van der Waals surface area contributed by atoms with Gasteiger partial charge in [0.1, 0.15) is 5.75 Å². The van der Waals surface area contributed by atoms with Crippen LogP contribution in [0.1, 0.15) is 10.4 Å². The Kier molecular flexibility index (Phi) is 4.53. The number of thiazole rings is 1. The molecule has 0 saturated carbocycles. The van der Waals surface area contributed by atoms with E-state index in [-0.39, 0.29) is 0 Å². The normalized spacial score (nSPS) is 10.4. The molecule has 1 aromatic heterocycles. The Bertz CT molecular complexity index is 425. The molecule has 4 heteroatoms. The molecular formula is C13H16N2OS. The van der Waals surface area contributed by atoms with Crippen LogP contribution in [-0.4, -0.2) is 18.6 Å². The summed E-state index contributed by atoms with van der Waals surface area (Å²) in [5.74, 6) is 0.909. The Labute approximate surface area is 105 Å². The van der Waals surface area contributed by atoms with Gasteiger partial charge >= 0.3 is 0 Å². The van der Waals surface area contributed by atoms with E-state index in [1.54, 1.807) is 18.4 Å². The van der Waals surface area contributed by atoms with Crippen LogP contribution in [0.3, 0.4) is 0 Å². The van der Waals surface area contributed by atoms with Crippen LogP contribution >= 0.6 is 11.3 Å². The van der Waals surface area contributed by atoms with Gasteiger partial charge in [-0.15, -0.1) is 11.3 Å². The molecule has 0 radical (unpaired) electrons. The van der Waals surface area contributed by atoms with Crippen molar-refractivity contribution in [2.75, 3.05) is 13.7 Å². The molecule has 2 rings (SSSR count). The van der Waals surface area contributed by atoms with E-state index < -0.39 is 0 Å². The monoisotopic (exact) mass is 248 g/mol. The molecule has 0 bridgehead atoms. The number of ether oxygens (including phenoxy) is 1. The van der Waals surface area contributed by atoms with Gasteiger partial charge in [-0.05, 0) is 30.7 Å². The number of hydrogen-bond donors (Lipinski definition) is 1. The van der Waals surface area contributed by atoms with Crippen molar-refractivity contribution in [3.05, 3.63) is 46.4 Å². The fourth-order valence-electron chi connectivity index (χ4n) is 1.57. The third-order valence-corrected chi connectivity index (χ3v) is 3.31. The third-order valence-electron chi connectivity index (χ3n) is 2.53. The Morgan fingerprint density at radius 3 is 2.76 bits per heavy atom. The van der Waals surface area contributed by atoms with Crippen LogP contribution in [-0.2, 0) is 13.0 Å². The highest BCUT2D eigenvalue weighted by atomic mass is 32.1. The quantitative estimate of drug-likeness (QED) is 0.797. The van der Waals surface area contributed by atoms with Gasteiger partial charge in [0, 0.05) is 17.6 Å². The van der Waals surface area contributed by atoms with Crippen LogP contribution in [0.4, 0.5) is 0 Å². The molecular weight excluding hydrogens is 232 g/mol. The van der Waals surface area contributed by atoms with Gasteiger partial charge in [0.15, 0.2) is 0 Å². The lowest BCUT2D eigenvalue weighted by Crippen LogP contribution is -2.15. The zero-order valence-corrected chi connectivity index (χ0v) is 10.7. The van der Waals surface area contributed by atoms with Gasteiger partial charge in [0.05, 0.1) is 12.6 Å². The average molecular weight is 248 g/mol. The molecule has 0 amide bonds. The summed E-state index contributed by atoms with van der Waals surface area (Å²) in [6.45, 7) is 1.88. The molecule has 0 saturated heterocycles. The van der Waals surface area contributed by atoms with Crippen LogP contribution in [0.2, 0.25) is 0 Å². The SMILES string of the molecule is COc1ccc(CCNCc2cncs2)cc1. The summed E-state index contributed by atoms with van der Waals surface area (Å²) in [5, 5.41) is 3.40. The van der Waals surface area contributed by atoms with E-state index >= 15 is 0 Å². The lowest BCUT2D eigenvalue weighted by molar-refractivity contribution is 0.414. The number of benzene rings is 1. The second-order valence-corrected chi connectivity index (χ2v) is 4.71. The topological polar surface area (TPSA) is 34.1 Å². The van der Waals surface area contributed by atoms with Gasteiger partial charge in [-0.2, -0.15) is 0 Å². The molecule has 0 atom stereocenters. The summed E-state index contributed by atoms with van der Waals surface area (Å²) in [6, 6.07) is 8.21. The first-order chi connectivity index (χ1) is 8.38. The maximum atomic E-state index is 5.12. The van der Waals surface area contributed by atoms with E-state index in [1.807, 2.05) is 23.8 Å². The molecule has 0 unspecified atom stereocenters. The molecule has 1 aromatic carbocycles. The molecule has 1 heterocycles. The standard InChI is InChI=1S/C13H16N2OS/c1-16-12-4-2-11(3-5-12)6-7-14-8-13-9-15-10-17-13/h2-5,9-10,14H,6-8H2,1H3. The van der Waals surface area contributed by atoms with Crippen molar-refractivity contribution in [3.63, 3.8) is 0 Å². The number of nitrogens with zero attached hydrogens (tertiary/aromatic N) is 1. The maximum absolute atomic E-state index is 5.12. The summed E-state index contributed by atoms with van der Waals surface area (Å²) < 4.78 is 5.12. The first kappa shape index (κ1) is 12.1. The number of rotatable bonds is 6. The highest BCUT2D eigenvalue weighted by Gasteiger charge is 1.96. The largest absolute Gasteiger partial charge is 0.497 e. The number of nitrogens with one attached hydrogen (secondary N) is 1. The van der Waals surface area contributed by atoms with E-state index in [2.05, 4.69) is 22.4 Å². The molecule has 0 fully saturated rings. The van der Waals surface area contributed by atoms with Gasteiger partial charge in [0.25, 0.3) is 0 Å². The smallest absolute Gasteiger partial charge is 0.118 e. The van der Waals surface area contributed by atoms with Crippen LogP contribution < -0.4 is 10.1 Å². The van der Waals surface area contributed by atoms with Crippen molar-refractivity contribution < 1.29 is 4.74 Å². The van der Waals surface area contributed by atoms with Crippen LogP contribution in [0, 0.1) is 0 Å². The molecule has 2 aromatic rings. The Balaban J connectivity index is 1.70. The van der Waals surface area contributed by atoms with Crippen molar-refractivity contribution in [2.45, 2.75) is 13.0 Å². The predicted molar refractivity (Wildman–Crippen MR) is 70.5 cm³/mol. The van der Waals surface area contributed by atoms with E-state index in [9.17, 15) is 0 Å². The predicted octanol–water partition coefficient (Wildman–Crippen LogP) is 2.48. The molecule has 0 spiro atoms. The Hall–Kier alpha value is -1.39. The van der Waals surface area contributed by atoms with Gasteiger partial charge in [-0.25, -0.2) is 0 Å². The van der Waals surface area contributed by atoms with Gasteiger partial charge < -0.3 is 10.1 Å². The minimum atomic E-state index is 0.904. The first-order valence-electron chi connectivity index (χ1n) is 5.59. The van der Waals surface area contributed by atoms with Crippen LogP contribution in [0.25, 0.3) is 0 Å². The first-order valence-corrected chi connectivity index (χ1v) is 6.47. The van der Waals surface area contributed by atoms with Gasteiger partial charge in [-0.1, -0.05) is 12.1 Å². The summed E-state index contributed by atoms with van der Waals surface area (Å²) in [5.41, 5.74) is 3.18. The third kappa shape index (κ3) is 3.84. The molecule has 0 aliphatic rings. The van der Waals surface area contributed by atoms with Crippen molar-refractivity contribution in [1.82, 2.24) is 10.3 Å². The Morgan fingerprint density at radius 1 is 1.29 bits per heavy atom. The molecule has 3 nitrogen and oxygen atoms in total. The average Bonchev–Trinajstić information content (AvgIpc) is 2.88. The van der Waals surface area contributed by atoms with Crippen LogP contribution in [0.15, 0.2) is 36.0 Å². The fourth-order valence-corrected chi connectivity index (χ4v) is 2.13. The van der Waals surface area contributed by atoms with Gasteiger partial charge in [-0.3, -0.25) is 4.98 Å². The van der Waals surface area contributed by atoms with Crippen molar-refractivity contribution in [3.8, 4) is 5.75 Å². The van der Waals surface area contributed by atoms with Crippen molar-refractivity contribution in [1.29, 1.82) is 0 Å². The lowest BCUT2D eigenvalue weighted by atomic mass is 10.1. The molecule has 0 aliphatic heterocycles. The number of aromatic nitrogens is 1. The second kappa shape index (κ2) is 6.37. The number of methoxy groups -OCH3 is 1. The van der Waals surface area contributed by atoms with Gasteiger partial charge in [0.2, 0.25) is 0 Å². The summed E-state index contributed by atoms with van der Waals surface area (Å²) in [7, 11) is 1.69. The number of hydrogen-bond acceptors (Lipinski definition) is 4. The summed E-state index contributed by atoms with van der Waals surface area (Å²) in [6.07, 6.45) is 2.94. The summed E-state index contributed by atoms with van der Waals surface area (Å²) >= 11 is 1.68. The van der Waals surface area contributed by atoms with E-state index in [1.165, 1.54) is 10.4 Å².